The maximum Gasteiger partial charge on any atom is 0.163 e. The number of pyridine rings is 1. The van der Waals surface area contributed by atoms with Crippen LogP contribution in [0.4, 0.5) is 5.69 Å². The Morgan fingerprint density at radius 2 is 1.93 bits per heavy atom. The molecule has 0 unspecified atom stereocenters. The lowest BCUT2D eigenvalue weighted by Gasteiger charge is -2.32. The number of hydrogen-bond acceptors (Lipinski definition) is 5. The fourth-order valence-electron chi connectivity index (χ4n) is 4.38. The van der Waals surface area contributed by atoms with E-state index in [1.54, 1.807) is 7.11 Å². The van der Waals surface area contributed by atoms with E-state index in [1.807, 2.05) is 13.0 Å². The summed E-state index contributed by atoms with van der Waals surface area (Å²) in [6, 6.07) is 4.68. The summed E-state index contributed by atoms with van der Waals surface area (Å²) >= 11 is 0. The van der Waals surface area contributed by atoms with Crippen molar-refractivity contribution >= 4 is 16.6 Å². The van der Waals surface area contributed by atoms with Gasteiger partial charge < -0.3 is 19.7 Å². The third kappa shape index (κ3) is 3.70. The number of aryl methyl sites for hydroxylation is 1. The minimum absolute atomic E-state index is 0.524. The van der Waals surface area contributed by atoms with Crippen molar-refractivity contribution in [2.24, 2.45) is 0 Å². The molecule has 1 saturated heterocycles. The Labute approximate surface area is 162 Å². The molecule has 0 saturated carbocycles. The highest BCUT2D eigenvalue weighted by molar-refractivity contribution is 5.96. The van der Waals surface area contributed by atoms with Gasteiger partial charge in [0.05, 0.1) is 19.2 Å². The van der Waals surface area contributed by atoms with Crippen LogP contribution < -0.4 is 14.8 Å². The molecule has 5 nitrogen and oxygen atoms in total. The second-order valence-corrected chi connectivity index (χ2v) is 7.79. The smallest absolute Gasteiger partial charge is 0.163 e. The quantitative estimate of drug-likeness (QED) is 0.862. The second-order valence-electron chi connectivity index (χ2n) is 7.79. The molecule has 2 aromatic rings. The molecular weight excluding hydrogens is 338 g/mol. The average Bonchev–Trinajstić information content (AvgIpc) is 2.69. The Hall–Kier alpha value is -2.01. The van der Waals surface area contributed by atoms with Crippen molar-refractivity contribution in [3.63, 3.8) is 0 Å². The monoisotopic (exact) mass is 369 g/mol. The number of hydrogen-bond donors (Lipinski definition) is 1. The van der Waals surface area contributed by atoms with E-state index in [9.17, 15) is 0 Å². The summed E-state index contributed by atoms with van der Waals surface area (Å²) in [7, 11) is 3.92. The number of rotatable bonds is 5. The van der Waals surface area contributed by atoms with Gasteiger partial charge in [0.1, 0.15) is 0 Å². The van der Waals surface area contributed by atoms with Crippen molar-refractivity contribution in [1.82, 2.24) is 9.88 Å². The standard InChI is InChI=1S/C22H31N3O2/c1-4-27-21-14-19-17(13-20(21)26-3)22(16-7-5-6-8-18(16)24-19)23-15-9-11-25(2)12-10-15/h13-15H,4-12H2,1-3H3,(H,23,24). The van der Waals surface area contributed by atoms with Gasteiger partial charge in [-0.1, -0.05) is 0 Å². The molecule has 1 aromatic heterocycles. The van der Waals surface area contributed by atoms with Crippen molar-refractivity contribution in [2.45, 2.75) is 51.5 Å². The van der Waals surface area contributed by atoms with Gasteiger partial charge in [-0.05, 0) is 77.2 Å². The van der Waals surface area contributed by atoms with E-state index in [0.29, 0.717) is 12.6 Å². The molecule has 2 aliphatic rings. The molecule has 1 aliphatic carbocycles. The van der Waals surface area contributed by atoms with Gasteiger partial charge in [0.2, 0.25) is 0 Å². The van der Waals surface area contributed by atoms with E-state index in [0.717, 1.165) is 48.3 Å². The Balaban J connectivity index is 1.80. The Morgan fingerprint density at radius 1 is 1.15 bits per heavy atom. The third-order valence-corrected chi connectivity index (χ3v) is 5.91. The second kappa shape index (κ2) is 7.93. The number of likely N-dealkylation sites (tertiary alicyclic amines) is 1. The highest BCUT2D eigenvalue weighted by Crippen LogP contribution is 2.39. The summed E-state index contributed by atoms with van der Waals surface area (Å²) < 4.78 is 11.4. The third-order valence-electron chi connectivity index (χ3n) is 5.91. The lowest BCUT2D eigenvalue weighted by Crippen LogP contribution is -2.37. The molecule has 0 radical (unpaired) electrons. The van der Waals surface area contributed by atoms with E-state index in [2.05, 4.69) is 23.3 Å². The van der Waals surface area contributed by atoms with E-state index >= 15 is 0 Å². The number of anilines is 1. The zero-order valence-electron chi connectivity index (χ0n) is 16.8. The molecule has 0 amide bonds. The van der Waals surface area contributed by atoms with Gasteiger partial charge in [-0.15, -0.1) is 0 Å². The van der Waals surface area contributed by atoms with Crippen LogP contribution >= 0.6 is 0 Å². The van der Waals surface area contributed by atoms with Crippen molar-refractivity contribution < 1.29 is 9.47 Å². The highest BCUT2D eigenvalue weighted by Gasteiger charge is 2.23. The molecule has 1 fully saturated rings. The SMILES string of the molecule is CCOc1cc2nc3c(c(NC4CCN(C)CC4)c2cc1OC)CCCC3. The van der Waals surface area contributed by atoms with Crippen LogP contribution in [0.3, 0.4) is 0 Å². The molecule has 27 heavy (non-hydrogen) atoms. The first-order valence-corrected chi connectivity index (χ1v) is 10.3. The van der Waals surface area contributed by atoms with Crippen LogP contribution in [0.25, 0.3) is 10.9 Å². The summed E-state index contributed by atoms with van der Waals surface area (Å²) in [5.41, 5.74) is 4.97. The first kappa shape index (κ1) is 18.4. The van der Waals surface area contributed by atoms with E-state index < -0.39 is 0 Å². The minimum Gasteiger partial charge on any atom is -0.493 e. The lowest BCUT2D eigenvalue weighted by molar-refractivity contribution is 0.264. The average molecular weight is 370 g/mol. The van der Waals surface area contributed by atoms with E-state index in [4.69, 9.17) is 14.5 Å². The van der Waals surface area contributed by atoms with Crippen LogP contribution in [0.5, 0.6) is 11.5 Å². The van der Waals surface area contributed by atoms with Crippen LogP contribution in [0, 0.1) is 0 Å². The molecule has 2 heterocycles. The van der Waals surface area contributed by atoms with Gasteiger partial charge in [-0.25, -0.2) is 0 Å². The van der Waals surface area contributed by atoms with Crippen LogP contribution in [-0.2, 0) is 12.8 Å². The number of nitrogens with one attached hydrogen (secondary N) is 1. The largest absolute Gasteiger partial charge is 0.493 e. The predicted molar refractivity (Wildman–Crippen MR) is 110 cm³/mol. The predicted octanol–water partition coefficient (Wildman–Crippen LogP) is 4.03. The molecule has 1 aliphatic heterocycles. The Bertz CT molecular complexity index is 813. The number of aromatic nitrogens is 1. The molecule has 0 spiro atoms. The van der Waals surface area contributed by atoms with E-state index in [-0.39, 0.29) is 0 Å². The van der Waals surface area contributed by atoms with Gasteiger partial charge in [-0.2, -0.15) is 0 Å². The maximum absolute atomic E-state index is 5.79. The van der Waals surface area contributed by atoms with Crippen molar-refractivity contribution in [3.05, 3.63) is 23.4 Å². The summed E-state index contributed by atoms with van der Waals surface area (Å²) in [4.78, 5) is 7.43. The van der Waals surface area contributed by atoms with Gasteiger partial charge >= 0.3 is 0 Å². The number of fused-ring (bicyclic) bond motifs is 2. The number of ether oxygens (including phenoxy) is 2. The van der Waals surface area contributed by atoms with Crippen LogP contribution in [-0.4, -0.2) is 49.8 Å². The Kier molecular flexibility index (Phi) is 5.39. The van der Waals surface area contributed by atoms with Crippen LogP contribution in [0.1, 0.15) is 43.9 Å². The summed E-state index contributed by atoms with van der Waals surface area (Å²) in [5.74, 6) is 1.56. The van der Waals surface area contributed by atoms with Crippen molar-refractivity contribution in [2.75, 3.05) is 39.2 Å². The first-order chi connectivity index (χ1) is 13.2. The van der Waals surface area contributed by atoms with Crippen molar-refractivity contribution in [3.8, 4) is 11.5 Å². The maximum atomic E-state index is 5.79. The molecule has 0 bridgehead atoms. The normalized spacial score (nSPS) is 18.3. The molecule has 5 heteroatoms. The topological polar surface area (TPSA) is 46.6 Å². The molecule has 4 rings (SSSR count). The zero-order chi connectivity index (χ0) is 18.8. The Morgan fingerprint density at radius 3 is 2.67 bits per heavy atom. The van der Waals surface area contributed by atoms with Crippen LogP contribution in [0.2, 0.25) is 0 Å². The van der Waals surface area contributed by atoms with Crippen LogP contribution in [0.15, 0.2) is 12.1 Å². The number of piperidine rings is 1. The molecule has 1 N–H and O–H groups in total. The molecular formula is C22H31N3O2. The summed E-state index contributed by atoms with van der Waals surface area (Å²) in [5, 5.41) is 5.07. The molecule has 146 valence electrons. The van der Waals surface area contributed by atoms with Crippen molar-refractivity contribution in [1.29, 1.82) is 0 Å². The van der Waals surface area contributed by atoms with Gasteiger partial charge in [0.25, 0.3) is 0 Å². The minimum atomic E-state index is 0.524. The molecule has 1 aromatic carbocycles. The van der Waals surface area contributed by atoms with Gasteiger partial charge in [-0.3, -0.25) is 4.98 Å². The van der Waals surface area contributed by atoms with Gasteiger partial charge in [0.15, 0.2) is 11.5 Å². The number of benzene rings is 1. The summed E-state index contributed by atoms with van der Waals surface area (Å²) in [6.07, 6.45) is 7.03. The fraction of sp³-hybridized carbons (Fsp3) is 0.591. The molecule has 0 atom stereocenters. The lowest BCUT2D eigenvalue weighted by atomic mass is 9.91. The highest BCUT2D eigenvalue weighted by atomic mass is 16.5. The fourth-order valence-corrected chi connectivity index (χ4v) is 4.38. The summed E-state index contributed by atoms with van der Waals surface area (Å²) in [6.45, 7) is 4.92. The van der Waals surface area contributed by atoms with E-state index in [1.165, 1.54) is 42.6 Å². The van der Waals surface area contributed by atoms with Gasteiger partial charge in [0, 0.05) is 28.9 Å². The zero-order valence-corrected chi connectivity index (χ0v) is 16.8. The first-order valence-electron chi connectivity index (χ1n) is 10.3. The number of methoxy groups -OCH3 is 1. The number of nitrogens with zero attached hydrogens (tertiary/aromatic N) is 2.